The molecule has 36 heavy (non-hydrogen) atoms. The Kier molecular flexibility index (Phi) is 6.43. The van der Waals surface area contributed by atoms with Crippen molar-refractivity contribution in [3.05, 3.63) is 69.6 Å². The molecule has 0 saturated carbocycles. The second-order valence-corrected chi connectivity index (χ2v) is 8.77. The van der Waals surface area contributed by atoms with E-state index in [4.69, 9.17) is 23.4 Å². The molecule has 2 aliphatic rings. The summed E-state index contributed by atoms with van der Waals surface area (Å²) in [5, 5.41) is 31.5. The van der Waals surface area contributed by atoms with Crippen LogP contribution < -0.4 is 15.1 Å². The number of aliphatic hydroxyl groups excluding tert-OH is 3. The van der Waals surface area contributed by atoms with Gasteiger partial charge in [0.1, 0.15) is 41.5 Å². The van der Waals surface area contributed by atoms with Crippen molar-refractivity contribution >= 4 is 11.0 Å². The molecule has 0 radical (unpaired) electrons. The largest absolute Gasteiger partial charge is 0.497 e. The topological polar surface area (TPSA) is 128 Å². The minimum absolute atomic E-state index is 0.140. The first kappa shape index (κ1) is 24.6. The van der Waals surface area contributed by atoms with E-state index < -0.39 is 60.7 Å². The fourth-order valence-electron chi connectivity index (χ4n) is 4.65. The number of halogens is 2. The van der Waals surface area contributed by atoms with Crippen molar-refractivity contribution in [2.75, 3.05) is 13.7 Å². The molecule has 3 N–H and O–H groups in total. The molecular weight excluding hydrogens is 482 g/mol. The average molecular weight is 506 g/mol. The zero-order valence-corrected chi connectivity index (χ0v) is 19.1. The first-order valence-corrected chi connectivity index (χ1v) is 11.3. The predicted molar refractivity (Wildman–Crippen MR) is 120 cm³/mol. The molecule has 0 bridgehead atoms. The van der Waals surface area contributed by atoms with E-state index in [2.05, 4.69) is 0 Å². The zero-order valence-electron chi connectivity index (χ0n) is 19.1. The second kappa shape index (κ2) is 9.41. The Bertz CT molecular complexity index is 1340. The van der Waals surface area contributed by atoms with E-state index in [0.717, 1.165) is 23.8 Å². The highest BCUT2D eigenvalue weighted by Crippen LogP contribution is 2.43. The number of aliphatic hydroxyl groups is 3. The SMILES string of the molecule is COc1ccc2c(c1)CC[C@]1(O2)O[C@H](CO)[C@H](O)[C@H](OCc2cc3c(F)c(F)ccc3oc2=O)[C@H]1O. The molecule has 1 aromatic heterocycles. The first-order chi connectivity index (χ1) is 17.3. The second-order valence-electron chi connectivity index (χ2n) is 8.77. The van der Waals surface area contributed by atoms with Gasteiger partial charge >= 0.3 is 5.63 Å². The zero-order chi connectivity index (χ0) is 25.6. The summed E-state index contributed by atoms with van der Waals surface area (Å²) < 4.78 is 55.7. The van der Waals surface area contributed by atoms with Crippen LogP contribution in [-0.4, -0.2) is 59.2 Å². The Hall–Kier alpha value is -3.09. The number of aryl methyl sites for hydroxylation is 1. The van der Waals surface area contributed by atoms with E-state index in [1.807, 2.05) is 0 Å². The summed E-state index contributed by atoms with van der Waals surface area (Å²) in [4.78, 5) is 12.4. The van der Waals surface area contributed by atoms with E-state index in [-0.39, 0.29) is 23.0 Å². The summed E-state index contributed by atoms with van der Waals surface area (Å²) in [6, 6.07) is 8.21. The molecule has 2 aromatic carbocycles. The summed E-state index contributed by atoms with van der Waals surface area (Å²) in [7, 11) is 1.54. The van der Waals surface area contributed by atoms with Crippen molar-refractivity contribution in [3.63, 3.8) is 0 Å². The van der Waals surface area contributed by atoms with E-state index >= 15 is 0 Å². The van der Waals surface area contributed by atoms with Crippen molar-refractivity contribution in [2.45, 2.75) is 49.7 Å². The Morgan fingerprint density at radius 2 is 1.97 bits per heavy atom. The minimum Gasteiger partial charge on any atom is -0.497 e. The Morgan fingerprint density at radius 1 is 1.17 bits per heavy atom. The van der Waals surface area contributed by atoms with E-state index in [9.17, 15) is 28.9 Å². The lowest BCUT2D eigenvalue weighted by Crippen LogP contribution is -2.68. The lowest BCUT2D eigenvalue weighted by Gasteiger charge is -2.50. The number of rotatable bonds is 5. The summed E-state index contributed by atoms with van der Waals surface area (Å²) in [5.41, 5.74) is -0.328. The molecule has 3 aromatic rings. The molecule has 0 aliphatic carbocycles. The van der Waals surface area contributed by atoms with Crippen molar-refractivity contribution in [1.82, 2.24) is 0 Å². The third-order valence-corrected chi connectivity index (χ3v) is 6.61. The molecule has 2 aliphatic heterocycles. The molecule has 1 spiro atoms. The van der Waals surface area contributed by atoms with E-state index in [0.29, 0.717) is 17.9 Å². The van der Waals surface area contributed by atoms with Crippen molar-refractivity contribution in [3.8, 4) is 11.5 Å². The van der Waals surface area contributed by atoms with Crippen LogP contribution in [0, 0.1) is 11.6 Å². The van der Waals surface area contributed by atoms with Gasteiger partial charge in [-0.1, -0.05) is 0 Å². The number of ether oxygens (including phenoxy) is 4. The van der Waals surface area contributed by atoms with Crippen molar-refractivity contribution in [2.24, 2.45) is 0 Å². The monoisotopic (exact) mass is 506 g/mol. The molecule has 5 rings (SSSR count). The number of hydrogen-bond donors (Lipinski definition) is 3. The van der Waals surface area contributed by atoms with Crippen LogP contribution in [-0.2, 0) is 22.5 Å². The molecule has 9 nitrogen and oxygen atoms in total. The fourth-order valence-corrected chi connectivity index (χ4v) is 4.65. The van der Waals surface area contributed by atoms with Gasteiger partial charge in [-0.2, -0.15) is 0 Å². The Balaban J connectivity index is 1.42. The standard InChI is InChI=1S/C25H24F2O9/c1-32-14-2-4-17-12(8-14)6-7-25(35-17)23(30)22(21(29)19(10-28)36-25)33-11-13-9-15-18(34-24(13)31)5-3-16(26)20(15)27/h2-5,8-9,19,21-23,28-30H,6-7,10-11H2,1H3/t19-,21+,22+,23-,25+/m1/s1. The Labute approximate surface area is 203 Å². The van der Waals surface area contributed by atoms with Gasteiger partial charge in [-0.05, 0) is 48.4 Å². The van der Waals surface area contributed by atoms with Gasteiger partial charge in [0.05, 0.1) is 31.3 Å². The molecular formula is C25H24F2O9. The van der Waals surface area contributed by atoms with Crippen LogP contribution in [0.4, 0.5) is 8.78 Å². The average Bonchev–Trinajstić information content (AvgIpc) is 2.88. The maximum Gasteiger partial charge on any atom is 0.341 e. The predicted octanol–water partition coefficient (Wildman–Crippen LogP) is 1.80. The van der Waals surface area contributed by atoms with Crippen LogP contribution in [0.15, 0.2) is 45.6 Å². The highest BCUT2D eigenvalue weighted by molar-refractivity contribution is 5.77. The number of benzene rings is 2. The molecule has 0 amide bonds. The molecule has 5 atom stereocenters. The third-order valence-electron chi connectivity index (χ3n) is 6.61. The van der Waals surface area contributed by atoms with Crippen LogP contribution in [0.5, 0.6) is 11.5 Å². The van der Waals surface area contributed by atoms with Crippen LogP contribution in [0.3, 0.4) is 0 Å². The summed E-state index contributed by atoms with van der Waals surface area (Å²) in [6.07, 6.45) is -4.95. The molecule has 0 unspecified atom stereocenters. The maximum atomic E-state index is 14.2. The summed E-state index contributed by atoms with van der Waals surface area (Å²) in [5.74, 6) is -2.89. The lowest BCUT2D eigenvalue weighted by molar-refractivity contribution is -0.348. The van der Waals surface area contributed by atoms with Gasteiger partial charge < -0.3 is 38.7 Å². The van der Waals surface area contributed by atoms with E-state index in [1.165, 1.54) is 7.11 Å². The van der Waals surface area contributed by atoms with E-state index in [1.54, 1.807) is 18.2 Å². The van der Waals surface area contributed by atoms with Gasteiger partial charge in [0.2, 0.25) is 5.79 Å². The lowest BCUT2D eigenvalue weighted by atomic mass is 9.86. The molecule has 1 fully saturated rings. The smallest absolute Gasteiger partial charge is 0.341 e. The van der Waals surface area contributed by atoms with Crippen LogP contribution in [0.2, 0.25) is 0 Å². The van der Waals surface area contributed by atoms with Gasteiger partial charge in [-0.15, -0.1) is 0 Å². The van der Waals surface area contributed by atoms with Gasteiger partial charge in [0.15, 0.2) is 11.6 Å². The highest BCUT2D eigenvalue weighted by atomic mass is 19.2. The number of hydrogen-bond acceptors (Lipinski definition) is 9. The Morgan fingerprint density at radius 3 is 2.72 bits per heavy atom. The van der Waals surface area contributed by atoms with Crippen molar-refractivity contribution in [1.29, 1.82) is 0 Å². The van der Waals surface area contributed by atoms with Crippen LogP contribution in [0.1, 0.15) is 17.5 Å². The van der Waals surface area contributed by atoms with Crippen LogP contribution in [0.25, 0.3) is 11.0 Å². The van der Waals surface area contributed by atoms with Gasteiger partial charge in [0.25, 0.3) is 0 Å². The highest BCUT2D eigenvalue weighted by Gasteiger charge is 2.57. The summed E-state index contributed by atoms with van der Waals surface area (Å²) >= 11 is 0. The third kappa shape index (κ3) is 4.12. The van der Waals surface area contributed by atoms with Gasteiger partial charge in [-0.3, -0.25) is 0 Å². The first-order valence-electron chi connectivity index (χ1n) is 11.3. The molecule has 11 heteroatoms. The minimum atomic E-state index is -1.65. The maximum absolute atomic E-state index is 14.2. The quantitative estimate of drug-likeness (QED) is 0.444. The molecule has 3 heterocycles. The van der Waals surface area contributed by atoms with Crippen molar-refractivity contribution < 1.29 is 47.5 Å². The number of fused-ring (bicyclic) bond motifs is 2. The van der Waals surface area contributed by atoms with Crippen LogP contribution >= 0.6 is 0 Å². The summed E-state index contributed by atoms with van der Waals surface area (Å²) in [6.45, 7) is -1.11. The molecule has 192 valence electrons. The molecule has 1 saturated heterocycles. The normalized spacial score (nSPS) is 27.6. The van der Waals surface area contributed by atoms with Gasteiger partial charge in [0, 0.05) is 6.42 Å². The fraction of sp³-hybridized carbons (Fsp3) is 0.400. The van der Waals surface area contributed by atoms with Gasteiger partial charge in [-0.25, -0.2) is 13.6 Å². The number of methoxy groups -OCH3 is 1.